The first-order valence-corrected chi connectivity index (χ1v) is 10.9. The maximum Gasteiger partial charge on any atom is 0.244 e. The van der Waals surface area contributed by atoms with Gasteiger partial charge in [-0.1, -0.05) is 37.6 Å². The number of nitrogens with one attached hydrogen (secondary N) is 1. The molecule has 1 amide bonds. The van der Waals surface area contributed by atoms with Crippen LogP contribution in [0.5, 0.6) is 5.75 Å². The summed E-state index contributed by atoms with van der Waals surface area (Å²) in [4.78, 5) is 12.3. The van der Waals surface area contributed by atoms with Gasteiger partial charge < -0.3 is 10.1 Å². The van der Waals surface area contributed by atoms with Crippen LogP contribution in [0, 0.1) is 0 Å². The zero-order chi connectivity index (χ0) is 20.7. The lowest BCUT2D eigenvalue weighted by molar-refractivity contribution is -0.116. The molecule has 8 heteroatoms. The highest BCUT2D eigenvalue weighted by atomic mass is 35.5. The fourth-order valence-electron chi connectivity index (χ4n) is 2.75. The van der Waals surface area contributed by atoms with E-state index < -0.39 is 10.0 Å². The fraction of sp³-hybridized carbons (Fsp3) is 0.350. The zero-order valence-corrected chi connectivity index (χ0v) is 17.8. The van der Waals surface area contributed by atoms with Crippen LogP contribution in [0.4, 0.5) is 5.69 Å². The number of nitrogens with zero attached hydrogens (tertiary/aromatic N) is 1. The van der Waals surface area contributed by atoms with E-state index in [-0.39, 0.29) is 22.2 Å². The number of amides is 1. The number of halogens is 1. The smallest absolute Gasteiger partial charge is 0.244 e. The van der Waals surface area contributed by atoms with Gasteiger partial charge in [0.05, 0.1) is 12.1 Å². The van der Waals surface area contributed by atoms with Crippen LogP contribution in [0.15, 0.2) is 47.4 Å². The summed E-state index contributed by atoms with van der Waals surface area (Å²) in [5, 5.41) is 2.87. The number of anilines is 1. The summed E-state index contributed by atoms with van der Waals surface area (Å²) in [6.45, 7) is 4.21. The van der Waals surface area contributed by atoms with Gasteiger partial charge in [-0.15, -0.1) is 0 Å². The Balaban J connectivity index is 2.08. The Morgan fingerprint density at radius 3 is 2.32 bits per heavy atom. The first kappa shape index (κ1) is 22.2. The SMILES string of the molecule is CCN(CC)S(=O)(=O)c1cc(NC(=O)CCc2ccc(OC)cc2)ccc1Cl. The topological polar surface area (TPSA) is 75.7 Å². The molecule has 0 radical (unpaired) electrons. The summed E-state index contributed by atoms with van der Waals surface area (Å²) in [7, 11) is -2.11. The molecule has 0 saturated heterocycles. The van der Waals surface area contributed by atoms with Gasteiger partial charge >= 0.3 is 0 Å². The van der Waals surface area contributed by atoms with Gasteiger partial charge in [0.1, 0.15) is 10.6 Å². The molecule has 0 aliphatic carbocycles. The number of carbonyl (C=O) groups is 1. The molecule has 0 fully saturated rings. The van der Waals surface area contributed by atoms with Crippen molar-refractivity contribution in [1.29, 1.82) is 0 Å². The summed E-state index contributed by atoms with van der Waals surface area (Å²) in [5.74, 6) is 0.556. The quantitative estimate of drug-likeness (QED) is 0.661. The van der Waals surface area contributed by atoms with E-state index in [4.69, 9.17) is 16.3 Å². The molecule has 28 heavy (non-hydrogen) atoms. The van der Waals surface area contributed by atoms with Crippen molar-refractivity contribution in [2.24, 2.45) is 0 Å². The number of carbonyl (C=O) groups excluding carboxylic acids is 1. The third-order valence-corrected chi connectivity index (χ3v) is 6.87. The van der Waals surface area contributed by atoms with Crippen molar-refractivity contribution in [1.82, 2.24) is 4.31 Å². The van der Waals surface area contributed by atoms with Crippen LogP contribution in [0.3, 0.4) is 0 Å². The summed E-state index contributed by atoms with van der Waals surface area (Å²) >= 11 is 6.11. The average molecular weight is 425 g/mol. The predicted molar refractivity (Wildman–Crippen MR) is 112 cm³/mol. The van der Waals surface area contributed by atoms with Crippen molar-refractivity contribution in [3.63, 3.8) is 0 Å². The van der Waals surface area contributed by atoms with Crippen molar-refractivity contribution in [2.45, 2.75) is 31.6 Å². The number of hydrogen-bond acceptors (Lipinski definition) is 4. The monoisotopic (exact) mass is 424 g/mol. The highest BCUT2D eigenvalue weighted by molar-refractivity contribution is 7.89. The molecular weight excluding hydrogens is 400 g/mol. The number of sulfonamides is 1. The van der Waals surface area contributed by atoms with Crippen LogP contribution in [-0.2, 0) is 21.2 Å². The highest BCUT2D eigenvalue weighted by Crippen LogP contribution is 2.28. The summed E-state index contributed by atoms with van der Waals surface area (Å²) < 4.78 is 31.9. The second kappa shape index (κ2) is 9.91. The van der Waals surface area contributed by atoms with Crippen molar-refractivity contribution >= 4 is 33.2 Å². The van der Waals surface area contributed by atoms with Gasteiger partial charge in [0.15, 0.2) is 0 Å². The second-order valence-electron chi connectivity index (χ2n) is 6.13. The Morgan fingerprint density at radius 2 is 1.75 bits per heavy atom. The number of rotatable bonds is 9. The van der Waals surface area contributed by atoms with Crippen LogP contribution in [0.25, 0.3) is 0 Å². The van der Waals surface area contributed by atoms with Crippen molar-refractivity contribution in [3.05, 3.63) is 53.1 Å². The molecule has 0 aromatic heterocycles. The van der Waals surface area contributed by atoms with Crippen molar-refractivity contribution in [3.8, 4) is 5.75 Å². The van der Waals surface area contributed by atoms with E-state index in [0.717, 1.165) is 11.3 Å². The van der Waals surface area contributed by atoms with Crippen LogP contribution in [-0.4, -0.2) is 38.8 Å². The minimum Gasteiger partial charge on any atom is -0.497 e. The van der Waals surface area contributed by atoms with Crippen LogP contribution < -0.4 is 10.1 Å². The predicted octanol–water partition coefficient (Wildman–Crippen LogP) is 3.95. The molecule has 2 aromatic carbocycles. The van der Waals surface area contributed by atoms with Gasteiger partial charge in [-0.2, -0.15) is 4.31 Å². The van der Waals surface area contributed by atoms with Gasteiger partial charge in [-0.05, 0) is 42.3 Å². The maximum atomic E-state index is 12.7. The van der Waals surface area contributed by atoms with E-state index in [2.05, 4.69) is 5.32 Å². The Bertz CT molecular complexity index is 910. The lowest BCUT2D eigenvalue weighted by Crippen LogP contribution is -2.30. The van der Waals surface area contributed by atoms with Gasteiger partial charge in [0.25, 0.3) is 0 Å². The molecule has 152 valence electrons. The standard InChI is InChI=1S/C20H25ClN2O4S/c1-4-23(5-2)28(25,26)19-14-16(9-12-18(19)21)22-20(24)13-8-15-6-10-17(27-3)11-7-15/h6-7,9-12,14H,4-5,8,13H2,1-3H3,(H,22,24). The number of benzene rings is 2. The Hall–Kier alpha value is -2.09. The minimum atomic E-state index is -3.71. The normalized spacial score (nSPS) is 11.5. The maximum absolute atomic E-state index is 12.7. The molecule has 0 bridgehead atoms. The summed E-state index contributed by atoms with van der Waals surface area (Å²) in [6, 6.07) is 12.0. The minimum absolute atomic E-state index is 0.00850. The largest absolute Gasteiger partial charge is 0.497 e. The molecular formula is C20H25ClN2O4S. The average Bonchev–Trinajstić information content (AvgIpc) is 2.69. The molecule has 0 spiro atoms. The second-order valence-corrected chi connectivity index (χ2v) is 8.44. The number of methoxy groups -OCH3 is 1. The summed E-state index contributed by atoms with van der Waals surface area (Å²) in [5.41, 5.74) is 1.41. The Kier molecular flexibility index (Phi) is 7.86. The lowest BCUT2D eigenvalue weighted by Gasteiger charge is -2.19. The van der Waals surface area contributed by atoms with Gasteiger partial charge in [0.2, 0.25) is 15.9 Å². The van der Waals surface area contributed by atoms with E-state index >= 15 is 0 Å². The lowest BCUT2D eigenvalue weighted by atomic mass is 10.1. The molecule has 2 rings (SSSR count). The van der Waals surface area contributed by atoms with E-state index in [1.807, 2.05) is 24.3 Å². The van der Waals surface area contributed by atoms with E-state index in [0.29, 0.717) is 25.2 Å². The Morgan fingerprint density at radius 1 is 1.11 bits per heavy atom. The van der Waals surface area contributed by atoms with E-state index in [9.17, 15) is 13.2 Å². The number of hydrogen-bond donors (Lipinski definition) is 1. The third kappa shape index (κ3) is 5.47. The first-order chi connectivity index (χ1) is 13.3. The molecule has 0 heterocycles. The zero-order valence-electron chi connectivity index (χ0n) is 16.2. The summed E-state index contributed by atoms with van der Waals surface area (Å²) in [6.07, 6.45) is 0.834. The molecule has 2 aromatic rings. The first-order valence-electron chi connectivity index (χ1n) is 9.04. The fourth-order valence-corrected chi connectivity index (χ4v) is 4.71. The molecule has 1 N–H and O–H groups in total. The molecule has 0 atom stereocenters. The van der Waals surface area contributed by atoms with Crippen molar-refractivity contribution in [2.75, 3.05) is 25.5 Å². The van der Waals surface area contributed by atoms with Gasteiger partial charge in [-0.3, -0.25) is 4.79 Å². The van der Waals surface area contributed by atoms with Crippen LogP contribution in [0.1, 0.15) is 25.8 Å². The molecule has 0 unspecified atom stereocenters. The number of ether oxygens (including phenoxy) is 1. The van der Waals surface area contributed by atoms with Crippen LogP contribution >= 0.6 is 11.6 Å². The molecule has 0 saturated carbocycles. The molecule has 6 nitrogen and oxygen atoms in total. The van der Waals surface area contributed by atoms with Gasteiger partial charge in [-0.25, -0.2) is 8.42 Å². The third-order valence-electron chi connectivity index (χ3n) is 4.34. The van der Waals surface area contributed by atoms with Crippen LogP contribution in [0.2, 0.25) is 5.02 Å². The molecule has 0 aliphatic heterocycles. The van der Waals surface area contributed by atoms with Gasteiger partial charge in [0, 0.05) is 25.2 Å². The van der Waals surface area contributed by atoms with E-state index in [1.165, 1.54) is 16.4 Å². The highest BCUT2D eigenvalue weighted by Gasteiger charge is 2.24. The number of aryl methyl sites for hydroxylation is 1. The Labute approximate surface area is 171 Å². The van der Waals surface area contributed by atoms with E-state index in [1.54, 1.807) is 27.0 Å². The molecule has 0 aliphatic rings. The van der Waals surface area contributed by atoms with Crippen molar-refractivity contribution < 1.29 is 17.9 Å².